The largest absolute Gasteiger partial charge is 0.360 e. The van der Waals surface area contributed by atoms with Gasteiger partial charge >= 0.3 is 0 Å². The van der Waals surface area contributed by atoms with Crippen molar-refractivity contribution in [3.63, 3.8) is 0 Å². The zero-order chi connectivity index (χ0) is 25.2. The van der Waals surface area contributed by atoms with E-state index in [1.165, 1.54) is 12.5 Å². The van der Waals surface area contributed by atoms with E-state index in [-0.39, 0.29) is 18.0 Å². The third-order valence-electron chi connectivity index (χ3n) is 5.92. The Balaban J connectivity index is 1.30. The number of amides is 1. The van der Waals surface area contributed by atoms with Gasteiger partial charge in [-0.2, -0.15) is 5.10 Å². The number of hydrogen-bond acceptors (Lipinski definition) is 6. The lowest BCUT2D eigenvalue weighted by atomic mass is 10.1. The van der Waals surface area contributed by atoms with Crippen molar-refractivity contribution in [3.05, 3.63) is 98.9 Å². The number of fused-ring (bicyclic) bond motifs is 1. The molecule has 2 aromatic carbocycles. The van der Waals surface area contributed by atoms with Crippen molar-refractivity contribution in [1.29, 1.82) is 0 Å². The van der Waals surface area contributed by atoms with Crippen molar-refractivity contribution in [1.82, 2.24) is 29.8 Å². The summed E-state index contributed by atoms with van der Waals surface area (Å²) in [7, 11) is 0. The summed E-state index contributed by atoms with van der Waals surface area (Å²) in [5, 5.41) is 12.1. The van der Waals surface area contributed by atoms with Crippen molar-refractivity contribution >= 4 is 28.5 Å². The molecule has 0 aliphatic rings. The van der Waals surface area contributed by atoms with Crippen molar-refractivity contribution < 1.29 is 9.32 Å². The number of carbonyl (C=O) groups excluding carboxylic acids is 1. The highest BCUT2D eigenvalue weighted by atomic mass is 35.5. The highest BCUT2D eigenvalue weighted by Crippen LogP contribution is 2.30. The molecule has 1 N–H and O–H groups in total. The van der Waals surface area contributed by atoms with Gasteiger partial charge in [-0.05, 0) is 25.5 Å². The van der Waals surface area contributed by atoms with Crippen LogP contribution in [-0.4, -0.2) is 36.9 Å². The lowest BCUT2D eigenvalue weighted by Gasteiger charge is -2.08. The van der Waals surface area contributed by atoms with Gasteiger partial charge < -0.3 is 9.84 Å². The Morgan fingerprint density at radius 1 is 1.11 bits per heavy atom. The molecule has 0 saturated carbocycles. The number of nitrogens with zero attached hydrogens (tertiary/aromatic N) is 5. The second-order valence-corrected chi connectivity index (χ2v) is 8.87. The molecule has 3 heterocycles. The molecule has 0 aliphatic heterocycles. The molecule has 36 heavy (non-hydrogen) atoms. The van der Waals surface area contributed by atoms with Gasteiger partial charge in [-0.15, -0.1) is 0 Å². The Morgan fingerprint density at radius 2 is 1.89 bits per heavy atom. The predicted octanol–water partition coefficient (Wildman–Crippen LogP) is 4.00. The standard InChI is InChI=1S/C26H23ClN6O3/c1-16-7-9-18(10-8-16)14-32-15-29-24-20(26(32)35)13-30-33(24)12-11-28-25(34)22-17(2)36-31-23(22)19-5-3-4-6-21(19)27/h3-10,13,15H,11-12,14H2,1-2H3,(H,28,34). The average molecular weight is 503 g/mol. The van der Waals surface area contributed by atoms with Crippen LogP contribution >= 0.6 is 11.6 Å². The molecule has 0 saturated heterocycles. The van der Waals surface area contributed by atoms with Crippen molar-refractivity contribution in [3.8, 4) is 11.3 Å². The molecule has 0 aliphatic carbocycles. The minimum atomic E-state index is -0.339. The quantitative estimate of drug-likeness (QED) is 0.360. The summed E-state index contributed by atoms with van der Waals surface area (Å²) in [6.45, 7) is 4.71. The molecule has 3 aromatic heterocycles. The molecule has 0 spiro atoms. The molecule has 0 radical (unpaired) electrons. The van der Waals surface area contributed by atoms with E-state index in [0.717, 1.165) is 11.1 Å². The van der Waals surface area contributed by atoms with Gasteiger partial charge in [-0.1, -0.05) is 64.8 Å². The molecular formula is C26H23ClN6O3. The van der Waals surface area contributed by atoms with Gasteiger partial charge in [0, 0.05) is 12.1 Å². The van der Waals surface area contributed by atoms with Crippen LogP contribution in [0.25, 0.3) is 22.3 Å². The van der Waals surface area contributed by atoms with E-state index >= 15 is 0 Å². The SMILES string of the molecule is Cc1ccc(Cn2cnc3c(cnn3CCNC(=O)c3c(-c4ccccc4Cl)noc3C)c2=O)cc1. The highest BCUT2D eigenvalue weighted by molar-refractivity contribution is 6.33. The number of nitrogens with one attached hydrogen (secondary N) is 1. The lowest BCUT2D eigenvalue weighted by molar-refractivity contribution is 0.0951. The van der Waals surface area contributed by atoms with Gasteiger partial charge in [-0.3, -0.25) is 14.2 Å². The molecular weight excluding hydrogens is 480 g/mol. The first-order chi connectivity index (χ1) is 17.4. The number of benzene rings is 2. The number of hydrogen-bond donors (Lipinski definition) is 1. The zero-order valence-electron chi connectivity index (χ0n) is 19.7. The van der Waals surface area contributed by atoms with Gasteiger partial charge in [0.1, 0.15) is 28.7 Å². The maximum absolute atomic E-state index is 13.0. The Bertz CT molecular complexity index is 1620. The normalized spacial score (nSPS) is 11.2. The number of aromatic nitrogens is 5. The van der Waals surface area contributed by atoms with E-state index < -0.39 is 0 Å². The van der Waals surface area contributed by atoms with Gasteiger partial charge in [0.2, 0.25) is 0 Å². The Hall–Kier alpha value is -4.24. The van der Waals surface area contributed by atoms with E-state index in [1.807, 2.05) is 37.3 Å². The first-order valence-corrected chi connectivity index (χ1v) is 11.8. The van der Waals surface area contributed by atoms with E-state index in [1.54, 1.807) is 34.4 Å². The van der Waals surface area contributed by atoms with E-state index in [9.17, 15) is 9.59 Å². The van der Waals surface area contributed by atoms with Crippen LogP contribution in [0.1, 0.15) is 27.2 Å². The highest BCUT2D eigenvalue weighted by Gasteiger charge is 2.23. The summed E-state index contributed by atoms with van der Waals surface area (Å²) >= 11 is 6.29. The van der Waals surface area contributed by atoms with Crippen LogP contribution in [-0.2, 0) is 13.1 Å². The van der Waals surface area contributed by atoms with Crippen molar-refractivity contribution in [2.75, 3.05) is 6.54 Å². The first-order valence-electron chi connectivity index (χ1n) is 11.4. The minimum Gasteiger partial charge on any atom is -0.360 e. The van der Waals surface area contributed by atoms with Crippen molar-refractivity contribution in [2.24, 2.45) is 0 Å². The molecule has 1 amide bonds. The lowest BCUT2D eigenvalue weighted by Crippen LogP contribution is -2.28. The maximum atomic E-state index is 13.0. The Kier molecular flexibility index (Phi) is 6.39. The fraction of sp³-hybridized carbons (Fsp3) is 0.192. The van der Waals surface area contributed by atoms with E-state index in [0.29, 0.717) is 51.7 Å². The van der Waals surface area contributed by atoms with Crippen LogP contribution in [0.2, 0.25) is 5.02 Å². The van der Waals surface area contributed by atoms with Crippen LogP contribution in [0.15, 0.2) is 70.4 Å². The molecule has 9 nitrogen and oxygen atoms in total. The average Bonchev–Trinajstić information content (AvgIpc) is 3.46. The van der Waals surface area contributed by atoms with Crippen LogP contribution < -0.4 is 10.9 Å². The predicted molar refractivity (Wildman–Crippen MR) is 136 cm³/mol. The topological polar surface area (TPSA) is 108 Å². The summed E-state index contributed by atoms with van der Waals surface area (Å²) in [5.41, 5.74) is 3.80. The Morgan fingerprint density at radius 3 is 2.67 bits per heavy atom. The first kappa shape index (κ1) is 23.5. The number of rotatable bonds is 7. The second kappa shape index (κ2) is 9.79. The van der Waals surface area contributed by atoms with Gasteiger partial charge in [0.25, 0.3) is 11.5 Å². The van der Waals surface area contributed by atoms with E-state index in [4.69, 9.17) is 16.1 Å². The fourth-order valence-corrected chi connectivity index (χ4v) is 4.23. The molecule has 10 heteroatoms. The number of aryl methyl sites for hydroxylation is 2. The molecule has 5 rings (SSSR count). The Labute approximate surface area is 211 Å². The maximum Gasteiger partial charge on any atom is 0.264 e. The number of carbonyl (C=O) groups is 1. The molecule has 0 unspecified atom stereocenters. The minimum absolute atomic E-state index is 0.166. The third-order valence-corrected chi connectivity index (χ3v) is 6.25. The fourth-order valence-electron chi connectivity index (χ4n) is 4.00. The summed E-state index contributed by atoms with van der Waals surface area (Å²) in [6.07, 6.45) is 3.04. The monoisotopic (exact) mass is 502 g/mol. The van der Waals surface area contributed by atoms with Gasteiger partial charge in [-0.25, -0.2) is 9.67 Å². The van der Waals surface area contributed by atoms with Crippen molar-refractivity contribution in [2.45, 2.75) is 26.9 Å². The molecule has 0 bridgehead atoms. The summed E-state index contributed by atoms with van der Waals surface area (Å²) in [5.74, 6) is 0.0521. The van der Waals surface area contributed by atoms with Gasteiger partial charge in [0.15, 0.2) is 5.65 Å². The van der Waals surface area contributed by atoms with E-state index in [2.05, 4.69) is 20.6 Å². The summed E-state index contributed by atoms with van der Waals surface area (Å²) < 4.78 is 8.44. The molecule has 0 fully saturated rings. The molecule has 182 valence electrons. The number of halogens is 1. The molecule has 0 atom stereocenters. The van der Waals surface area contributed by atoms with Crippen LogP contribution in [0.4, 0.5) is 0 Å². The van der Waals surface area contributed by atoms with Crippen LogP contribution in [0, 0.1) is 13.8 Å². The smallest absolute Gasteiger partial charge is 0.264 e. The second-order valence-electron chi connectivity index (χ2n) is 8.47. The molecule has 5 aromatic rings. The van der Waals surface area contributed by atoms with Gasteiger partial charge in [0.05, 0.1) is 24.3 Å². The van der Waals surface area contributed by atoms with Crippen LogP contribution in [0.3, 0.4) is 0 Å². The summed E-state index contributed by atoms with van der Waals surface area (Å²) in [6, 6.07) is 15.1. The zero-order valence-corrected chi connectivity index (χ0v) is 20.5. The third kappa shape index (κ3) is 4.52. The summed E-state index contributed by atoms with van der Waals surface area (Å²) in [4.78, 5) is 30.4. The van der Waals surface area contributed by atoms with Crippen LogP contribution in [0.5, 0.6) is 0 Å².